The van der Waals surface area contributed by atoms with E-state index in [0.717, 1.165) is 31.4 Å². The second kappa shape index (κ2) is 10.6. The lowest BCUT2D eigenvalue weighted by Gasteiger charge is -2.24. The van der Waals surface area contributed by atoms with E-state index in [1.54, 1.807) is 35.1 Å². The van der Waals surface area contributed by atoms with Crippen LogP contribution in [0.15, 0.2) is 52.3 Å². The van der Waals surface area contributed by atoms with E-state index in [1.165, 1.54) is 9.47 Å². The van der Waals surface area contributed by atoms with Gasteiger partial charge in [-0.2, -0.15) is 5.10 Å². The molecule has 0 aliphatic heterocycles. The number of hydrogen-bond donors (Lipinski definition) is 2. The van der Waals surface area contributed by atoms with E-state index in [9.17, 15) is 14.4 Å². The van der Waals surface area contributed by atoms with E-state index in [2.05, 4.69) is 17.0 Å². The summed E-state index contributed by atoms with van der Waals surface area (Å²) in [6.45, 7) is 4.76. The summed E-state index contributed by atoms with van der Waals surface area (Å²) in [4.78, 5) is 42.2. The second-order valence-electron chi connectivity index (χ2n) is 7.66. The first-order chi connectivity index (χ1) is 15.5. The molecule has 3 rings (SSSR count). The number of anilines is 2. The lowest BCUT2D eigenvalue weighted by atomic mass is 10.1. The molecule has 0 fully saturated rings. The van der Waals surface area contributed by atoms with Crippen LogP contribution in [0.25, 0.3) is 5.69 Å². The quantitative estimate of drug-likeness (QED) is 0.472. The van der Waals surface area contributed by atoms with Crippen LogP contribution in [0, 0.1) is 0 Å². The van der Waals surface area contributed by atoms with Crippen molar-refractivity contribution in [2.24, 2.45) is 0 Å². The van der Waals surface area contributed by atoms with Crippen molar-refractivity contribution in [3.63, 3.8) is 0 Å². The van der Waals surface area contributed by atoms with Crippen molar-refractivity contribution in [2.45, 2.75) is 52.5 Å². The van der Waals surface area contributed by atoms with Crippen LogP contribution >= 0.6 is 0 Å². The van der Waals surface area contributed by atoms with Gasteiger partial charge in [0.25, 0.3) is 11.5 Å². The first-order valence-corrected chi connectivity index (χ1v) is 11.0. The highest BCUT2D eigenvalue weighted by molar-refractivity contribution is 6.07. The fourth-order valence-electron chi connectivity index (χ4n) is 3.55. The zero-order valence-corrected chi connectivity index (χ0v) is 18.6. The molecule has 0 spiro atoms. The van der Waals surface area contributed by atoms with Gasteiger partial charge in [-0.3, -0.25) is 19.1 Å². The summed E-state index contributed by atoms with van der Waals surface area (Å²) in [7, 11) is 0. The number of aromatic nitrogens is 4. The highest BCUT2D eigenvalue weighted by Gasteiger charge is 2.25. The minimum atomic E-state index is -0.654. The standard InChI is InChI=1S/C23H30N6O3/c1-3-5-7-15-27(19-20(24)28(14-6-4-2)23(32)26-21(19)30)22(31)17-9-11-18(12-10-17)29-16-8-13-25-29/h8-13,16H,3-7,14-15,24H2,1-2H3,(H,26,30,32). The third-order valence-corrected chi connectivity index (χ3v) is 5.33. The number of hydrogen-bond acceptors (Lipinski definition) is 5. The molecule has 0 unspecified atom stereocenters. The first-order valence-electron chi connectivity index (χ1n) is 11.0. The van der Waals surface area contributed by atoms with Gasteiger partial charge in [-0.05, 0) is 43.2 Å². The zero-order valence-electron chi connectivity index (χ0n) is 18.6. The predicted octanol–water partition coefficient (Wildman–Crippen LogP) is 2.94. The van der Waals surface area contributed by atoms with Crippen LogP contribution in [0.3, 0.4) is 0 Å². The number of nitrogens with two attached hydrogens (primary N) is 1. The molecule has 3 N–H and O–H groups in total. The van der Waals surface area contributed by atoms with Crippen molar-refractivity contribution in [1.29, 1.82) is 0 Å². The molecule has 0 atom stereocenters. The van der Waals surface area contributed by atoms with Gasteiger partial charge >= 0.3 is 5.69 Å². The van der Waals surface area contributed by atoms with Gasteiger partial charge in [-0.1, -0.05) is 33.1 Å². The molecule has 3 aromatic rings. The summed E-state index contributed by atoms with van der Waals surface area (Å²) in [6.07, 6.45) is 7.65. The number of rotatable bonds is 10. The largest absolute Gasteiger partial charge is 0.383 e. The number of unbranched alkanes of at least 4 members (excludes halogenated alkanes) is 3. The van der Waals surface area contributed by atoms with Crippen LogP contribution < -0.4 is 21.9 Å². The molecule has 0 saturated carbocycles. The monoisotopic (exact) mass is 438 g/mol. The van der Waals surface area contributed by atoms with Crippen molar-refractivity contribution in [3.8, 4) is 5.69 Å². The van der Waals surface area contributed by atoms with Crippen molar-refractivity contribution in [3.05, 3.63) is 69.1 Å². The van der Waals surface area contributed by atoms with Crippen molar-refractivity contribution in [1.82, 2.24) is 19.3 Å². The van der Waals surface area contributed by atoms with E-state index in [4.69, 9.17) is 5.73 Å². The summed E-state index contributed by atoms with van der Waals surface area (Å²) in [5.74, 6) is -0.323. The molecule has 32 heavy (non-hydrogen) atoms. The maximum absolute atomic E-state index is 13.5. The number of carbonyl (C=O) groups is 1. The molecule has 0 aliphatic rings. The summed E-state index contributed by atoms with van der Waals surface area (Å²) in [6, 6.07) is 8.80. The molecule has 0 bridgehead atoms. The number of carbonyl (C=O) groups excluding carboxylic acids is 1. The maximum atomic E-state index is 13.5. The van der Waals surface area contributed by atoms with Crippen LogP contribution in [0.4, 0.5) is 11.5 Å². The summed E-state index contributed by atoms with van der Waals surface area (Å²) < 4.78 is 3.03. The van der Waals surface area contributed by atoms with Crippen molar-refractivity contribution in [2.75, 3.05) is 17.2 Å². The molecular formula is C23H30N6O3. The molecule has 9 heteroatoms. The number of nitrogen functional groups attached to an aromatic ring is 1. The van der Waals surface area contributed by atoms with Crippen LogP contribution in [-0.2, 0) is 6.54 Å². The maximum Gasteiger partial charge on any atom is 0.330 e. The summed E-state index contributed by atoms with van der Waals surface area (Å²) >= 11 is 0. The van der Waals surface area contributed by atoms with E-state index < -0.39 is 11.2 Å². The van der Waals surface area contributed by atoms with E-state index >= 15 is 0 Å². The van der Waals surface area contributed by atoms with Gasteiger partial charge in [0.15, 0.2) is 5.69 Å². The molecule has 1 amide bonds. The fraction of sp³-hybridized carbons (Fsp3) is 0.391. The van der Waals surface area contributed by atoms with Crippen molar-refractivity contribution >= 4 is 17.4 Å². The molecule has 1 aromatic carbocycles. The van der Waals surface area contributed by atoms with E-state index in [0.29, 0.717) is 25.1 Å². The number of H-pyrrole nitrogens is 1. The third-order valence-electron chi connectivity index (χ3n) is 5.33. The Morgan fingerprint density at radius 3 is 2.44 bits per heavy atom. The van der Waals surface area contributed by atoms with Crippen LogP contribution in [-0.4, -0.2) is 31.8 Å². The lowest BCUT2D eigenvalue weighted by Crippen LogP contribution is -2.41. The molecule has 9 nitrogen and oxygen atoms in total. The van der Waals surface area contributed by atoms with Gasteiger partial charge in [-0.25, -0.2) is 9.48 Å². The first kappa shape index (κ1) is 23.1. The van der Waals surface area contributed by atoms with Crippen molar-refractivity contribution < 1.29 is 4.79 Å². The molecule has 0 aliphatic carbocycles. The molecule has 2 heterocycles. The van der Waals surface area contributed by atoms with Gasteiger partial charge in [0.05, 0.1) is 5.69 Å². The minimum absolute atomic E-state index is 0.0187. The topological polar surface area (TPSA) is 119 Å². The van der Waals surface area contributed by atoms with E-state index in [-0.39, 0.29) is 17.4 Å². The molecule has 0 saturated heterocycles. The number of nitrogens with zero attached hydrogens (tertiary/aromatic N) is 4. The van der Waals surface area contributed by atoms with E-state index in [1.807, 2.05) is 19.2 Å². The average molecular weight is 439 g/mol. The normalized spacial score (nSPS) is 10.9. The zero-order chi connectivity index (χ0) is 23.1. The SMILES string of the molecule is CCCCCN(C(=O)c1ccc(-n2cccn2)cc1)c1c(N)n(CCCC)c(=O)[nH]c1=O. The summed E-state index contributed by atoms with van der Waals surface area (Å²) in [5.41, 5.74) is 6.32. The Morgan fingerprint density at radius 2 is 1.81 bits per heavy atom. The number of amides is 1. The third kappa shape index (κ3) is 4.99. The van der Waals surface area contributed by atoms with Gasteiger partial charge in [0.1, 0.15) is 5.82 Å². The van der Waals surface area contributed by atoms with Gasteiger partial charge < -0.3 is 10.6 Å². The van der Waals surface area contributed by atoms with Crippen LogP contribution in [0.2, 0.25) is 0 Å². The predicted molar refractivity (Wildman–Crippen MR) is 125 cm³/mol. The highest BCUT2D eigenvalue weighted by atomic mass is 16.2. The number of benzene rings is 1. The minimum Gasteiger partial charge on any atom is -0.383 e. The smallest absolute Gasteiger partial charge is 0.330 e. The van der Waals surface area contributed by atoms with Gasteiger partial charge in [-0.15, -0.1) is 0 Å². The fourth-order valence-corrected chi connectivity index (χ4v) is 3.55. The number of nitrogens with one attached hydrogen (secondary N) is 1. The average Bonchev–Trinajstić information content (AvgIpc) is 3.32. The molecule has 170 valence electrons. The second-order valence-corrected chi connectivity index (χ2v) is 7.66. The Labute approximate surface area is 186 Å². The Kier molecular flexibility index (Phi) is 7.64. The molecular weight excluding hydrogens is 408 g/mol. The lowest BCUT2D eigenvalue weighted by molar-refractivity contribution is 0.0986. The van der Waals surface area contributed by atoms with Crippen LogP contribution in [0.1, 0.15) is 56.3 Å². The molecule has 0 radical (unpaired) electrons. The van der Waals surface area contributed by atoms with Crippen LogP contribution in [0.5, 0.6) is 0 Å². The summed E-state index contributed by atoms with van der Waals surface area (Å²) in [5, 5.41) is 4.19. The Hall–Kier alpha value is -3.62. The van der Waals surface area contributed by atoms with Gasteiger partial charge in [0, 0.05) is 31.0 Å². The Balaban J connectivity index is 2.00. The molecule has 2 aromatic heterocycles. The van der Waals surface area contributed by atoms with Gasteiger partial charge in [0.2, 0.25) is 0 Å². The Bertz CT molecular complexity index is 1150. The number of aromatic amines is 1. The Morgan fingerprint density at radius 1 is 1.09 bits per heavy atom. The highest BCUT2D eigenvalue weighted by Crippen LogP contribution is 2.21.